The molecule has 1 aliphatic carbocycles. The molecule has 0 bridgehead atoms. The van der Waals surface area contributed by atoms with Crippen LogP contribution in [0.1, 0.15) is 25.7 Å². The van der Waals surface area contributed by atoms with Gasteiger partial charge in [0.05, 0.1) is 19.8 Å². The second kappa shape index (κ2) is 6.93. The molecule has 0 saturated heterocycles. The summed E-state index contributed by atoms with van der Waals surface area (Å²) in [4.78, 5) is 11.9. The Hall–Kier alpha value is -0.650. The number of ether oxygens (including phenoxy) is 3. The maximum Gasteiger partial charge on any atom is 0.326 e. The Morgan fingerprint density at radius 2 is 1.94 bits per heavy atom. The summed E-state index contributed by atoms with van der Waals surface area (Å²) in [5.41, 5.74) is -0.553. The molecule has 0 aliphatic heterocycles. The zero-order valence-electron chi connectivity index (χ0n) is 11.0. The number of esters is 1. The Morgan fingerprint density at radius 1 is 1.29 bits per heavy atom. The Kier molecular flexibility index (Phi) is 5.88. The van der Waals surface area contributed by atoms with Crippen molar-refractivity contribution in [3.05, 3.63) is 0 Å². The molecule has 0 atom stereocenters. The molecule has 0 radical (unpaired) electrons. The van der Waals surface area contributed by atoms with Gasteiger partial charge in [0.15, 0.2) is 0 Å². The average Bonchev–Trinajstić information content (AvgIpc) is 2.39. The minimum Gasteiger partial charge on any atom is -0.468 e. The predicted molar refractivity (Wildman–Crippen MR) is 63.9 cm³/mol. The highest BCUT2D eigenvalue weighted by Gasteiger charge is 2.42. The summed E-state index contributed by atoms with van der Waals surface area (Å²) in [7, 11) is 4.80. The fourth-order valence-electron chi connectivity index (χ4n) is 2.36. The van der Waals surface area contributed by atoms with Gasteiger partial charge in [-0.15, -0.1) is 0 Å². The molecule has 17 heavy (non-hydrogen) atoms. The molecule has 0 unspecified atom stereocenters. The molecule has 1 rings (SSSR count). The quantitative estimate of drug-likeness (QED) is 0.552. The first kappa shape index (κ1) is 14.4. The van der Waals surface area contributed by atoms with Crippen LogP contribution in [0.4, 0.5) is 0 Å². The molecule has 0 aromatic carbocycles. The average molecular weight is 245 g/mol. The lowest BCUT2D eigenvalue weighted by atomic mass is 9.80. The van der Waals surface area contributed by atoms with Gasteiger partial charge in [-0.1, -0.05) is 0 Å². The number of rotatable bonds is 6. The summed E-state index contributed by atoms with van der Waals surface area (Å²) >= 11 is 0. The second-order valence-corrected chi connectivity index (χ2v) is 4.43. The number of carbonyl (C=O) groups is 1. The molecule has 5 heteroatoms. The molecule has 1 fully saturated rings. The second-order valence-electron chi connectivity index (χ2n) is 4.43. The van der Waals surface area contributed by atoms with E-state index in [-0.39, 0.29) is 12.1 Å². The smallest absolute Gasteiger partial charge is 0.326 e. The highest BCUT2D eigenvalue weighted by molar-refractivity contribution is 5.80. The van der Waals surface area contributed by atoms with Gasteiger partial charge in [-0.3, -0.25) is 10.1 Å². The largest absolute Gasteiger partial charge is 0.468 e. The van der Waals surface area contributed by atoms with Gasteiger partial charge >= 0.3 is 5.97 Å². The van der Waals surface area contributed by atoms with E-state index in [0.29, 0.717) is 13.2 Å². The van der Waals surface area contributed by atoms with E-state index in [0.717, 1.165) is 25.7 Å². The lowest BCUT2D eigenvalue weighted by Crippen LogP contribution is -2.56. The molecule has 100 valence electrons. The highest BCUT2D eigenvalue weighted by Crippen LogP contribution is 2.30. The molecule has 0 amide bonds. The monoisotopic (exact) mass is 245 g/mol. The third kappa shape index (κ3) is 3.66. The first-order valence-corrected chi connectivity index (χ1v) is 6.03. The van der Waals surface area contributed by atoms with E-state index in [9.17, 15) is 4.79 Å². The molecular weight excluding hydrogens is 222 g/mol. The van der Waals surface area contributed by atoms with Crippen molar-refractivity contribution in [3.8, 4) is 0 Å². The van der Waals surface area contributed by atoms with Crippen LogP contribution in [-0.4, -0.2) is 52.1 Å². The summed E-state index contributed by atoms with van der Waals surface area (Å²) in [6.45, 7) is 1.25. The molecule has 0 heterocycles. The van der Waals surface area contributed by atoms with Gasteiger partial charge in [0.2, 0.25) is 0 Å². The minimum atomic E-state index is -0.553. The third-order valence-electron chi connectivity index (χ3n) is 3.47. The summed E-state index contributed by atoms with van der Waals surface area (Å²) in [6.07, 6.45) is 3.53. The number of hydrogen-bond donors (Lipinski definition) is 1. The SMILES string of the molecule is COCCNC1(C(=O)OC)CCC(OC)CC1. The van der Waals surface area contributed by atoms with Gasteiger partial charge in [-0.05, 0) is 25.7 Å². The fourth-order valence-corrected chi connectivity index (χ4v) is 2.36. The van der Waals surface area contributed by atoms with Crippen molar-refractivity contribution in [2.24, 2.45) is 0 Å². The van der Waals surface area contributed by atoms with Crippen molar-refractivity contribution < 1.29 is 19.0 Å². The molecule has 0 aromatic rings. The van der Waals surface area contributed by atoms with Crippen LogP contribution in [0.3, 0.4) is 0 Å². The summed E-state index contributed by atoms with van der Waals surface area (Å²) < 4.78 is 15.2. The normalized spacial score (nSPS) is 29.0. The van der Waals surface area contributed by atoms with E-state index in [1.807, 2.05) is 0 Å². The number of nitrogens with one attached hydrogen (secondary N) is 1. The van der Waals surface area contributed by atoms with Crippen LogP contribution < -0.4 is 5.32 Å². The first-order valence-electron chi connectivity index (χ1n) is 6.03. The van der Waals surface area contributed by atoms with Gasteiger partial charge in [0, 0.05) is 20.8 Å². The topological polar surface area (TPSA) is 56.8 Å². The van der Waals surface area contributed by atoms with Gasteiger partial charge < -0.3 is 14.2 Å². The maximum atomic E-state index is 11.9. The highest BCUT2D eigenvalue weighted by atomic mass is 16.5. The minimum absolute atomic E-state index is 0.178. The fraction of sp³-hybridized carbons (Fsp3) is 0.917. The number of methoxy groups -OCH3 is 3. The summed E-state index contributed by atoms with van der Waals surface area (Å²) in [5, 5.41) is 3.28. The van der Waals surface area contributed by atoms with E-state index >= 15 is 0 Å². The Balaban J connectivity index is 2.58. The Morgan fingerprint density at radius 3 is 2.41 bits per heavy atom. The molecule has 1 saturated carbocycles. The van der Waals surface area contributed by atoms with Crippen LogP contribution in [0.5, 0.6) is 0 Å². The van der Waals surface area contributed by atoms with Crippen LogP contribution in [0.25, 0.3) is 0 Å². The van der Waals surface area contributed by atoms with Gasteiger partial charge in [0.1, 0.15) is 5.54 Å². The van der Waals surface area contributed by atoms with Gasteiger partial charge in [-0.2, -0.15) is 0 Å². The number of carbonyl (C=O) groups excluding carboxylic acids is 1. The zero-order chi connectivity index (χ0) is 12.7. The van der Waals surface area contributed by atoms with Gasteiger partial charge in [-0.25, -0.2) is 0 Å². The Labute approximate surface area is 103 Å². The maximum absolute atomic E-state index is 11.9. The van der Waals surface area contributed by atoms with Crippen molar-refractivity contribution in [2.75, 3.05) is 34.5 Å². The van der Waals surface area contributed by atoms with E-state index in [1.165, 1.54) is 7.11 Å². The van der Waals surface area contributed by atoms with Crippen molar-refractivity contribution >= 4 is 5.97 Å². The molecule has 0 aromatic heterocycles. The van der Waals surface area contributed by atoms with E-state index < -0.39 is 5.54 Å². The Bertz CT molecular complexity index is 231. The molecule has 1 aliphatic rings. The van der Waals surface area contributed by atoms with Crippen molar-refractivity contribution in [1.82, 2.24) is 5.32 Å². The van der Waals surface area contributed by atoms with Crippen LogP contribution in [0.2, 0.25) is 0 Å². The zero-order valence-corrected chi connectivity index (χ0v) is 11.0. The first-order chi connectivity index (χ1) is 8.18. The van der Waals surface area contributed by atoms with Crippen molar-refractivity contribution in [1.29, 1.82) is 0 Å². The van der Waals surface area contributed by atoms with Crippen LogP contribution in [0, 0.1) is 0 Å². The lowest BCUT2D eigenvalue weighted by molar-refractivity contribution is -0.151. The summed E-state index contributed by atoms with van der Waals surface area (Å²) in [6, 6.07) is 0. The molecule has 0 spiro atoms. The third-order valence-corrected chi connectivity index (χ3v) is 3.47. The van der Waals surface area contributed by atoms with Crippen molar-refractivity contribution in [3.63, 3.8) is 0 Å². The molecule has 5 nitrogen and oxygen atoms in total. The van der Waals surface area contributed by atoms with Crippen LogP contribution in [-0.2, 0) is 19.0 Å². The van der Waals surface area contributed by atoms with E-state index in [2.05, 4.69) is 5.32 Å². The number of hydrogen-bond acceptors (Lipinski definition) is 5. The van der Waals surface area contributed by atoms with Gasteiger partial charge in [0.25, 0.3) is 0 Å². The van der Waals surface area contributed by atoms with Crippen molar-refractivity contribution in [2.45, 2.75) is 37.3 Å². The standard InChI is InChI=1S/C12H23NO4/c1-15-9-8-13-12(11(14)17-3)6-4-10(16-2)5-7-12/h10,13H,4-9H2,1-3H3. The van der Waals surface area contributed by atoms with E-state index in [1.54, 1.807) is 14.2 Å². The molecular formula is C12H23NO4. The van der Waals surface area contributed by atoms with Crippen LogP contribution >= 0.6 is 0 Å². The summed E-state index contributed by atoms with van der Waals surface area (Å²) in [5.74, 6) is -0.178. The molecule has 1 N–H and O–H groups in total. The lowest BCUT2D eigenvalue weighted by Gasteiger charge is -2.38. The van der Waals surface area contributed by atoms with E-state index in [4.69, 9.17) is 14.2 Å². The van der Waals surface area contributed by atoms with Crippen LogP contribution in [0.15, 0.2) is 0 Å². The predicted octanol–water partition coefficient (Wildman–Crippen LogP) is 0.723.